The lowest BCUT2D eigenvalue weighted by atomic mass is 10.2. The van der Waals surface area contributed by atoms with Gasteiger partial charge >= 0.3 is 6.61 Å². The minimum absolute atomic E-state index is 0. The zero-order chi connectivity index (χ0) is 17.4. The number of hydrogen-bond acceptors (Lipinski definition) is 3. The van der Waals surface area contributed by atoms with Crippen molar-refractivity contribution < 1.29 is 13.5 Å². The van der Waals surface area contributed by atoms with Crippen LogP contribution in [0.3, 0.4) is 0 Å². The molecule has 2 N–H and O–H groups in total. The molecule has 0 unspecified atom stereocenters. The fourth-order valence-electron chi connectivity index (χ4n) is 1.97. The van der Waals surface area contributed by atoms with Crippen LogP contribution in [0.15, 0.2) is 52.1 Å². The van der Waals surface area contributed by atoms with Gasteiger partial charge in [-0.1, -0.05) is 22.0 Å². The zero-order valence-electron chi connectivity index (χ0n) is 13.4. The number of rotatable bonds is 6. The minimum Gasteiger partial charge on any atom is -0.434 e. The molecule has 2 rings (SSSR count). The Morgan fingerprint density at radius 3 is 2.64 bits per heavy atom. The van der Waals surface area contributed by atoms with Crippen molar-refractivity contribution >= 4 is 45.9 Å². The normalized spacial score (nSPS) is 11.0. The smallest absolute Gasteiger partial charge is 0.387 e. The Morgan fingerprint density at radius 1 is 1.24 bits per heavy atom. The molecular formula is C16H18BrF2IN4O. The van der Waals surface area contributed by atoms with E-state index in [4.69, 9.17) is 0 Å². The van der Waals surface area contributed by atoms with E-state index in [2.05, 4.69) is 41.3 Å². The van der Waals surface area contributed by atoms with Gasteiger partial charge in [-0.05, 0) is 30.3 Å². The van der Waals surface area contributed by atoms with Crippen LogP contribution in [0, 0.1) is 0 Å². The largest absolute Gasteiger partial charge is 0.434 e. The maximum atomic E-state index is 12.5. The first kappa shape index (κ1) is 21.6. The number of halogens is 4. The summed E-state index contributed by atoms with van der Waals surface area (Å²) in [6.45, 7) is -2.09. The molecule has 0 bridgehead atoms. The fourth-order valence-corrected chi connectivity index (χ4v) is 2.38. The van der Waals surface area contributed by atoms with Gasteiger partial charge in [-0.15, -0.1) is 24.0 Å². The number of benzene rings is 1. The van der Waals surface area contributed by atoms with Crippen molar-refractivity contribution in [2.24, 2.45) is 4.99 Å². The Hall–Kier alpha value is -1.49. The molecule has 5 nitrogen and oxygen atoms in total. The van der Waals surface area contributed by atoms with Crippen LogP contribution >= 0.6 is 39.9 Å². The summed E-state index contributed by atoms with van der Waals surface area (Å²) >= 11 is 3.32. The van der Waals surface area contributed by atoms with E-state index in [1.54, 1.807) is 25.4 Å². The maximum Gasteiger partial charge on any atom is 0.387 e. The molecule has 136 valence electrons. The molecule has 0 atom stereocenters. The number of pyridine rings is 1. The Morgan fingerprint density at radius 2 is 2.00 bits per heavy atom. The van der Waals surface area contributed by atoms with Crippen molar-refractivity contribution in [3.8, 4) is 5.75 Å². The summed E-state index contributed by atoms with van der Waals surface area (Å²) in [7, 11) is 1.63. The molecular weight excluding hydrogens is 509 g/mol. The van der Waals surface area contributed by atoms with Crippen LogP contribution < -0.4 is 15.4 Å². The quantitative estimate of drug-likeness (QED) is 0.340. The zero-order valence-corrected chi connectivity index (χ0v) is 17.3. The standard InChI is InChI=1S/C16H17BrF2N4O.HI/c1-20-16(23-10-13-4-2-3-7-21-13)22-9-11-8-12(17)5-6-14(11)24-15(18)19;/h2-8,15H,9-10H2,1H3,(H2,20,22,23);1H. The lowest BCUT2D eigenvalue weighted by Crippen LogP contribution is -2.36. The summed E-state index contributed by atoms with van der Waals surface area (Å²) in [5.41, 5.74) is 1.45. The van der Waals surface area contributed by atoms with E-state index in [9.17, 15) is 8.78 Å². The number of ether oxygens (including phenoxy) is 1. The Labute approximate surface area is 170 Å². The third kappa shape index (κ3) is 7.51. The highest BCUT2D eigenvalue weighted by atomic mass is 127. The van der Waals surface area contributed by atoms with Crippen LogP contribution in [-0.2, 0) is 13.1 Å². The first-order chi connectivity index (χ1) is 11.6. The SMILES string of the molecule is CN=C(NCc1ccccn1)NCc1cc(Br)ccc1OC(F)F.I. The van der Waals surface area contributed by atoms with Gasteiger partial charge in [-0.2, -0.15) is 8.78 Å². The highest BCUT2D eigenvalue weighted by molar-refractivity contribution is 14.0. The van der Waals surface area contributed by atoms with E-state index >= 15 is 0 Å². The molecule has 0 fully saturated rings. The van der Waals surface area contributed by atoms with Gasteiger partial charge < -0.3 is 15.4 Å². The second-order valence-corrected chi connectivity index (χ2v) is 5.65. The highest BCUT2D eigenvalue weighted by Crippen LogP contribution is 2.24. The van der Waals surface area contributed by atoms with Crippen molar-refractivity contribution in [2.75, 3.05) is 7.05 Å². The molecule has 2 aromatic rings. The van der Waals surface area contributed by atoms with Gasteiger partial charge in [-0.25, -0.2) is 0 Å². The Balaban J connectivity index is 0.00000312. The fraction of sp³-hybridized carbons (Fsp3) is 0.250. The molecule has 0 radical (unpaired) electrons. The van der Waals surface area contributed by atoms with Gasteiger partial charge in [-0.3, -0.25) is 9.98 Å². The molecule has 1 aromatic heterocycles. The van der Waals surface area contributed by atoms with Crippen molar-refractivity contribution in [1.29, 1.82) is 0 Å². The molecule has 0 amide bonds. The lowest BCUT2D eigenvalue weighted by Gasteiger charge is -2.14. The Bertz CT molecular complexity index is 689. The molecule has 9 heteroatoms. The molecule has 0 saturated heterocycles. The molecule has 25 heavy (non-hydrogen) atoms. The third-order valence-corrected chi connectivity index (χ3v) is 3.56. The average molecular weight is 527 g/mol. The predicted octanol–water partition coefficient (Wildman–Crippen LogP) is 3.93. The average Bonchev–Trinajstić information content (AvgIpc) is 2.58. The third-order valence-electron chi connectivity index (χ3n) is 3.07. The molecule has 0 aliphatic heterocycles. The summed E-state index contributed by atoms with van der Waals surface area (Å²) in [5.74, 6) is 0.657. The first-order valence-corrected chi connectivity index (χ1v) is 7.95. The number of guanidine groups is 1. The van der Waals surface area contributed by atoms with E-state index in [1.807, 2.05) is 18.2 Å². The number of aromatic nitrogens is 1. The van der Waals surface area contributed by atoms with Crippen LogP contribution in [0.2, 0.25) is 0 Å². The molecule has 0 spiro atoms. The number of aliphatic imine (C=N–C) groups is 1. The number of alkyl halides is 2. The van der Waals surface area contributed by atoms with Gasteiger partial charge in [0.25, 0.3) is 0 Å². The van der Waals surface area contributed by atoms with E-state index in [0.717, 1.165) is 10.2 Å². The van der Waals surface area contributed by atoms with E-state index in [-0.39, 0.29) is 36.3 Å². The van der Waals surface area contributed by atoms with Crippen molar-refractivity contribution in [2.45, 2.75) is 19.7 Å². The molecule has 0 saturated carbocycles. The van der Waals surface area contributed by atoms with Gasteiger partial charge in [0.1, 0.15) is 5.75 Å². The monoisotopic (exact) mass is 526 g/mol. The van der Waals surface area contributed by atoms with Crippen LogP contribution in [0.25, 0.3) is 0 Å². The molecule has 1 aromatic carbocycles. The number of nitrogens with one attached hydrogen (secondary N) is 2. The maximum absolute atomic E-state index is 12.5. The molecule has 1 heterocycles. The van der Waals surface area contributed by atoms with E-state index in [1.165, 1.54) is 6.07 Å². The van der Waals surface area contributed by atoms with E-state index in [0.29, 0.717) is 18.1 Å². The van der Waals surface area contributed by atoms with E-state index < -0.39 is 6.61 Å². The van der Waals surface area contributed by atoms with Crippen LogP contribution in [-0.4, -0.2) is 24.6 Å². The van der Waals surface area contributed by atoms with Gasteiger partial charge in [0, 0.05) is 29.8 Å². The van der Waals surface area contributed by atoms with Gasteiger partial charge in [0.15, 0.2) is 5.96 Å². The minimum atomic E-state index is -2.87. The molecule has 0 aliphatic rings. The van der Waals surface area contributed by atoms with Crippen molar-refractivity contribution in [3.05, 3.63) is 58.3 Å². The van der Waals surface area contributed by atoms with Crippen LogP contribution in [0.5, 0.6) is 5.75 Å². The summed E-state index contributed by atoms with van der Waals surface area (Å²) in [6, 6.07) is 10.5. The summed E-state index contributed by atoms with van der Waals surface area (Å²) in [6.07, 6.45) is 1.71. The second kappa shape index (κ2) is 11.2. The summed E-state index contributed by atoms with van der Waals surface area (Å²) in [4.78, 5) is 8.30. The number of hydrogen-bond donors (Lipinski definition) is 2. The topological polar surface area (TPSA) is 58.5 Å². The summed E-state index contributed by atoms with van der Waals surface area (Å²) in [5, 5.41) is 6.17. The van der Waals surface area contributed by atoms with Crippen molar-refractivity contribution in [3.63, 3.8) is 0 Å². The predicted molar refractivity (Wildman–Crippen MR) is 107 cm³/mol. The Kier molecular flexibility index (Phi) is 9.65. The van der Waals surface area contributed by atoms with Gasteiger partial charge in [0.05, 0.1) is 12.2 Å². The van der Waals surface area contributed by atoms with Gasteiger partial charge in [0.2, 0.25) is 0 Å². The highest BCUT2D eigenvalue weighted by Gasteiger charge is 2.11. The lowest BCUT2D eigenvalue weighted by molar-refractivity contribution is -0.0504. The molecule has 0 aliphatic carbocycles. The van der Waals surface area contributed by atoms with Crippen molar-refractivity contribution in [1.82, 2.24) is 15.6 Å². The second-order valence-electron chi connectivity index (χ2n) is 4.73. The first-order valence-electron chi connectivity index (χ1n) is 7.16. The summed E-state index contributed by atoms with van der Waals surface area (Å²) < 4.78 is 30.3. The van der Waals surface area contributed by atoms with Crippen LogP contribution in [0.4, 0.5) is 8.78 Å². The number of nitrogens with zero attached hydrogens (tertiary/aromatic N) is 2. The van der Waals surface area contributed by atoms with Crippen LogP contribution in [0.1, 0.15) is 11.3 Å².